The molecule has 0 unspecified atom stereocenters. The van der Waals surface area contributed by atoms with Crippen molar-refractivity contribution in [3.8, 4) is 0 Å². The summed E-state index contributed by atoms with van der Waals surface area (Å²) in [5.74, 6) is 1.50. The van der Waals surface area contributed by atoms with Crippen LogP contribution < -0.4 is 5.32 Å². The lowest BCUT2D eigenvalue weighted by Gasteiger charge is -2.16. The van der Waals surface area contributed by atoms with Crippen LogP contribution in [-0.4, -0.2) is 34.4 Å². The molecule has 0 aromatic carbocycles. The molecule has 0 spiro atoms. The number of anilines is 2. The van der Waals surface area contributed by atoms with E-state index >= 15 is 0 Å². The number of nitrogens with one attached hydrogen (secondary N) is 1. The van der Waals surface area contributed by atoms with E-state index in [2.05, 4.69) is 56.0 Å². The summed E-state index contributed by atoms with van der Waals surface area (Å²) < 4.78 is 8.27. The standard InChI is InChI=1S/C14H22BrN5OSi/c1-11-8-17-13(9-16-11)18-14-7-12(15)19-20(14)10-21-5-6-22(2,3)4/h7-9H,5-6,10H2,1-4H3,(H,17,18). The van der Waals surface area contributed by atoms with Crippen LogP contribution in [0.2, 0.25) is 25.7 Å². The molecule has 1 N–H and O–H groups in total. The highest BCUT2D eigenvalue weighted by Gasteiger charge is 2.13. The van der Waals surface area contributed by atoms with Crippen LogP contribution in [0, 0.1) is 6.92 Å². The molecule has 0 aliphatic carbocycles. The molecule has 120 valence electrons. The van der Waals surface area contributed by atoms with Crippen molar-refractivity contribution in [2.24, 2.45) is 0 Å². The van der Waals surface area contributed by atoms with Crippen LogP contribution in [0.4, 0.5) is 11.6 Å². The number of hydrogen-bond donors (Lipinski definition) is 1. The minimum atomic E-state index is -1.07. The predicted octanol–water partition coefficient (Wildman–Crippen LogP) is 3.80. The van der Waals surface area contributed by atoms with Crippen molar-refractivity contribution in [2.45, 2.75) is 39.3 Å². The molecule has 6 nitrogen and oxygen atoms in total. The zero-order valence-electron chi connectivity index (χ0n) is 13.4. The molecule has 0 amide bonds. The van der Waals surface area contributed by atoms with Gasteiger partial charge in [0.25, 0.3) is 0 Å². The first-order valence-electron chi connectivity index (χ1n) is 7.20. The van der Waals surface area contributed by atoms with Gasteiger partial charge in [-0.3, -0.25) is 4.98 Å². The summed E-state index contributed by atoms with van der Waals surface area (Å²) in [4.78, 5) is 8.51. The summed E-state index contributed by atoms with van der Waals surface area (Å²) in [6.45, 7) is 10.1. The zero-order chi connectivity index (χ0) is 16.2. The maximum Gasteiger partial charge on any atom is 0.150 e. The van der Waals surface area contributed by atoms with Crippen LogP contribution in [0.3, 0.4) is 0 Å². The minimum Gasteiger partial charge on any atom is -0.359 e. The zero-order valence-corrected chi connectivity index (χ0v) is 16.0. The van der Waals surface area contributed by atoms with Gasteiger partial charge in [-0.15, -0.1) is 0 Å². The van der Waals surface area contributed by atoms with Crippen molar-refractivity contribution < 1.29 is 4.74 Å². The molecule has 0 saturated heterocycles. The second-order valence-electron chi connectivity index (χ2n) is 6.37. The quantitative estimate of drug-likeness (QED) is 0.581. The third-order valence-corrected chi connectivity index (χ3v) is 5.09. The predicted molar refractivity (Wildman–Crippen MR) is 94.1 cm³/mol. The summed E-state index contributed by atoms with van der Waals surface area (Å²) in [6, 6.07) is 3.03. The second kappa shape index (κ2) is 7.34. The normalized spacial score (nSPS) is 11.7. The molecule has 0 atom stereocenters. The van der Waals surface area contributed by atoms with Crippen LogP contribution in [0.1, 0.15) is 5.69 Å². The van der Waals surface area contributed by atoms with Gasteiger partial charge in [-0.05, 0) is 28.9 Å². The van der Waals surface area contributed by atoms with Gasteiger partial charge in [0.05, 0.1) is 18.1 Å². The Balaban J connectivity index is 1.96. The molecule has 2 heterocycles. The van der Waals surface area contributed by atoms with E-state index in [-0.39, 0.29) is 0 Å². The first-order valence-corrected chi connectivity index (χ1v) is 11.7. The number of hydrogen-bond acceptors (Lipinski definition) is 5. The largest absolute Gasteiger partial charge is 0.359 e. The first-order chi connectivity index (χ1) is 10.3. The topological polar surface area (TPSA) is 64.9 Å². The van der Waals surface area contributed by atoms with E-state index in [0.29, 0.717) is 12.5 Å². The van der Waals surface area contributed by atoms with Crippen LogP contribution in [-0.2, 0) is 11.5 Å². The molecule has 0 radical (unpaired) electrons. The van der Waals surface area contributed by atoms with Crippen LogP contribution in [0.25, 0.3) is 0 Å². The van der Waals surface area contributed by atoms with Crippen molar-refractivity contribution >= 4 is 35.6 Å². The molecule has 0 aliphatic rings. The van der Waals surface area contributed by atoms with Gasteiger partial charge in [-0.25, -0.2) is 9.67 Å². The lowest BCUT2D eigenvalue weighted by Crippen LogP contribution is -2.22. The summed E-state index contributed by atoms with van der Waals surface area (Å²) in [7, 11) is -1.07. The van der Waals surface area contributed by atoms with E-state index in [9.17, 15) is 0 Å². The fourth-order valence-corrected chi connectivity index (χ4v) is 2.87. The summed E-state index contributed by atoms with van der Waals surface area (Å²) in [5, 5.41) is 7.57. The van der Waals surface area contributed by atoms with Crippen molar-refractivity contribution in [2.75, 3.05) is 11.9 Å². The maximum absolute atomic E-state index is 5.74. The lowest BCUT2D eigenvalue weighted by atomic mass is 10.5. The van der Waals surface area contributed by atoms with Crippen LogP contribution in [0.5, 0.6) is 0 Å². The van der Waals surface area contributed by atoms with Crippen LogP contribution >= 0.6 is 15.9 Å². The average Bonchev–Trinajstić information content (AvgIpc) is 2.76. The number of halogens is 1. The van der Waals surface area contributed by atoms with Gasteiger partial charge in [-0.1, -0.05) is 19.6 Å². The van der Waals surface area contributed by atoms with Crippen molar-refractivity contribution in [3.05, 3.63) is 28.8 Å². The Morgan fingerprint density at radius 2 is 2.05 bits per heavy atom. The fourth-order valence-electron chi connectivity index (χ4n) is 1.70. The summed E-state index contributed by atoms with van der Waals surface area (Å²) in [5.41, 5.74) is 0.884. The number of nitrogens with zero attached hydrogens (tertiary/aromatic N) is 4. The maximum atomic E-state index is 5.74. The molecule has 2 aromatic heterocycles. The molecule has 0 fully saturated rings. The molecule has 22 heavy (non-hydrogen) atoms. The average molecular weight is 384 g/mol. The molecular formula is C14H22BrN5OSi. The van der Waals surface area contributed by atoms with Crippen molar-refractivity contribution in [3.63, 3.8) is 0 Å². The third-order valence-electron chi connectivity index (χ3n) is 3.00. The van der Waals surface area contributed by atoms with Gasteiger partial charge >= 0.3 is 0 Å². The SMILES string of the molecule is Cc1cnc(Nc2cc(Br)nn2COCC[Si](C)(C)C)cn1. The van der Waals surface area contributed by atoms with E-state index < -0.39 is 8.07 Å². The highest BCUT2D eigenvalue weighted by atomic mass is 79.9. The molecule has 8 heteroatoms. The first kappa shape index (κ1) is 17.1. The van der Waals surface area contributed by atoms with Gasteiger partial charge in [0.2, 0.25) is 0 Å². The molecule has 0 bridgehead atoms. The summed E-state index contributed by atoms with van der Waals surface area (Å²) >= 11 is 3.39. The van der Waals surface area contributed by atoms with Crippen molar-refractivity contribution in [1.29, 1.82) is 0 Å². The molecule has 2 aromatic rings. The van der Waals surface area contributed by atoms with Gasteiger partial charge in [0, 0.05) is 20.7 Å². The Kier molecular flexibility index (Phi) is 5.71. The van der Waals surface area contributed by atoms with Gasteiger partial charge in [-0.2, -0.15) is 5.10 Å². The lowest BCUT2D eigenvalue weighted by molar-refractivity contribution is 0.0799. The number of rotatable bonds is 7. The molecule has 0 aliphatic heterocycles. The smallest absolute Gasteiger partial charge is 0.150 e. The molecule has 2 rings (SSSR count). The third kappa shape index (κ3) is 5.51. The Hall–Kier alpha value is -1.25. The summed E-state index contributed by atoms with van der Waals surface area (Å²) in [6.07, 6.45) is 3.43. The van der Waals surface area contributed by atoms with Crippen LogP contribution in [0.15, 0.2) is 23.1 Å². The minimum absolute atomic E-state index is 0.414. The molecular weight excluding hydrogens is 362 g/mol. The highest BCUT2D eigenvalue weighted by Crippen LogP contribution is 2.19. The Morgan fingerprint density at radius 1 is 1.27 bits per heavy atom. The molecule has 0 saturated carbocycles. The number of aromatic nitrogens is 4. The second-order valence-corrected chi connectivity index (χ2v) is 12.8. The van der Waals surface area contributed by atoms with Gasteiger partial charge in [0.15, 0.2) is 0 Å². The van der Waals surface area contributed by atoms with Gasteiger partial charge in [0.1, 0.15) is 23.0 Å². The monoisotopic (exact) mass is 383 g/mol. The van der Waals surface area contributed by atoms with Gasteiger partial charge < -0.3 is 10.1 Å². The number of ether oxygens (including phenoxy) is 1. The Labute approximate surface area is 140 Å². The number of aryl methyl sites for hydroxylation is 1. The highest BCUT2D eigenvalue weighted by molar-refractivity contribution is 9.10. The van der Waals surface area contributed by atoms with Crippen molar-refractivity contribution in [1.82, 2.24) is 19.7 Å². The fraction of sp³-hybridized carbons (Fsp3) is 0.500. The van der Waals surface area contributed by atoms with E-state index in [1.54, 1.807) is 17.1 Å². The van der Waals surface area contributed by atoms with E-state index in [4.69, 9.17) is 4.74 Å². The Morgan fingerprint density at radius 3 is 2.68 bits per heavy atom. The van der Waals surface area contributed by atoms with E-state index in [1.807, 2.05) is 13.0 Å². The van der Waals surface area contributed by atoms with E-state index in [0.717, 1.165) is 28.8 Å². The Bertz CT molecular complexity index is 609. The van der Waals surface area contributed by atoms with E-state index in [1.165, 1.54) is 0 Å².